The first kappa shape index (κ1) is 18.3. The number of halogens is 1. The Balaban J connectivity index is 3.30. The van der Waals surface area contributed by atoms with Crippen LogP contribution in [0.3, 0.4) is 0 Å². The number of sulfonamides is 1. The third-order valence-electron chi connectivity index (χ3n) is 2.95. The molecule has 0 heterocycles. The molecule has 0 aliphatic rings. The van der Waals surface area contributed by atoms with Crippen molar-refractivity contribution in [3.8, 4) is 0 Å². The quantitative estimate of drug-likeness (QED) is 0.440. The number of ether oxygens (including phenoxy) is 1. The molecule has 1 aromatic rings. The van der Waals surface area contributed by atoms with E-state index >= 15 is 0 Å². The van der Waals surface area contributed by atoms with Crippen LogP contribution >= 0.6 is 11.6 Å². The van der Waals surface area contributed by atoms with Crippen molar-refractivity contribution in [3.05, 3.63) is 33.3 Å². The topological polar surface area (TPSA) is 107 Å². The van der Waals surface area contributed by atoms with Gasteiger partial charge in [0.15, 0.2) is 4.90 Å². The van der Waals surface area contributed by atoms with E-state index in [2.05, 4.69) is 0 Å². The molecule has 1 atom stereocenters. The second kappa shape index (κ2) is 7.03. The Labute approximate surface area is 132 Å². The normalized spacial score (nSPS) is 13.0. The van der Waals surface area contributed by atoms with Crippen molar-refractivity contribution in [2.75, 3.05) is 13.7 Å². The molecule has 0 fully saturated rings. The number of hydrogen-bond acceptors (Lipinski definition) is 6. The van der Waals surface area contributed by atoms with Crippen LogP contribution in [0.15, 0.2) is 23.1 Å². The van der Waals surface area contributed by atoms with Gasteiger partial charge >= 0.3 is 5.97 Å². The van der Waals surface area contributed by atoms with Gasteiger partial charge in [0, 0.05) is 18.1 Å². The van der Waals surface area contributed by atoms with Crippen molar-refractivity contribution in [2.24, 2.45) is 0 Å². The third-order valence-corrected chi connectivity index (χ3v) is 5.16. The monoisotopic (exact) mass is 350 g/mol. The van der Waals surface area contributed by atoms with Crippen molar-refractivity contribution in [1.82, 2.24) is 4.31 Å². The van der Waals surface area contributed by atoms with Crippen molar-refractivity contribution >= 4 is 33.3 Å². The van der Waals surface area contributed by atoms with E-state index in [4.69, 9.17) is 16.3 Å². The molecule has 0 N–H and O–H groups in total. The summed E-state index contributed by atoms with van der Waals surface area (Å²) in [7, 11) is -3.11. The number of nitro benzene ring substituents is 1. The van der Waals surface area contributed by atoms with Gasteiger partial charge in [0.2, 0.25) is 10.0 Å². The molecule has 1 rings (SSSR count). The average molecular weight is 351 g/mol. The van der Waals surface area contributed by atoms with Gasteiger partial charge in [0.05, 0.1) is 11.5 Å². The minimum absolute atomic E-state index is 0.0340. The second-order valence-electron chi connectivity index (χ2n) is 4.32. The van der Waals surface area contributed by atoms with Crippen LogP contribution in [0.1, 0.15) is 13.8 Å². The summed E-state index contributed by atoms with van der Waals surface area (Å²) < 4.78 is 30.5. The number of likely N-dealkylation sites (N-methyl/N-ethyl adjacent to an activating group) is 1. The molecule has 0 saturated heterocycles. The molecule has 1 unspecified atom stereocenters. The lowest BCUT2D eigenvalue weighted by atomic mass is 10.3. The molecule has 10 heteroatoms. The number of nitrogens with zero attached hydrogens (tertiary/aromatic N) is 2. The molecule has 0 radical (unpaired) electrons. The Kier molecular flexibility index (Phi) is 5.86. The lowest BCUT2D eigenvalue weighted by Crippen LogP contribution is -2.41. The highest BCUT2D eigenvalue weighted by Crippen LogP contribution is 2.29. The van der Waals surface area contributed by atoms with E-state index in [1.54, 1.807) is 6.92 Å². The van der Waals surface area contributed by atoms with Crippen LogP contribution in [0.25, 0.3) is 0 Å². The summed E-state index contributed by atoms with van der Waals surface area (Å²) in [6.07, 6.45) is 0. The number of benzene rings is 1. The summed E-state index contributed by atoms with van der Waals surface area (Å²) in [4.78, 5) is 21.3. The van der Waals surface area contributed by atoms with Crippen LogP contribution in [0, 0.1) is 10.1 Å². The molecule has 0 aliphatic carbocycles. The minimum atomic E-state index is -4.26. The van der Waals surface area contributed by atoms with Gasteiger partial charge < -0.3 is 4.74 Å². The van der Waals surface area contributed by atoms with Crippen molar-refractivity contribution in [1.29, 1.82) is 0 Å². The zero-order valence-electron chi connectivity index (χ0n) is 12.1. The Bertz CT molecular complexity index is 691. The van der Waals surface area contributed by atoms with E-state index in [1.807, 2.05) is 0 Å². The van der Waals surface area contributed by atoms with Gasteiger partial charge in [-0.2, -0.15) is 4.31 Å². The zero-order valence-corrected chi connectivity index (χ0v) is 13.7. The number of carbonyl (C=O) groups excluding carboxylic acids is 1. The van der Waals surface area contributed by atoms with Crippen LogP contribution in [0.4, 0.5) is 5.69 Å². The predicted molar refractivity (Wildman–Crippen MR) is 79.2 cm³/mol. The number of hydrogen-bond donors (Lipinski definition) is 0. The number of carbonyl (C=O) groups is 1. The maximum absolute atomic E-state index is 12.5. The summed E-state index contributed by atoms with van der Waals surface area (Å²) in [5.41, 5.74) is -0.657. The van der Waals surface area contributed by atoms with Crippen molar-refractivity contribution in [2.45, 2.75) is 24.8 Å². The smallest absolute Gasteiger partial charge is 0.324 e. The van der Waals surface area contributed by atoms with E-state index in [0.717, 1.165) is 23.5 Å². The fourth-order valence-electron chi connectivity index (χ4n) is 1.63. The van der Waals surface area contributed by atoms with E-state index in [0.29, 0.717) is 0 Å². The van der Waals surface area contributed by atoms with E-state index in [1.165, 1.54) is 13.0 Å². The molecular formula is C12H15ClN2O6S. The van der Waals surface area contributed by atoms with Crippen molar-refractivity contribution in [3.63, 3.8) is 0 Å². The lowest BCUT2D eigenvalue weighted by molar-refractivity contribution is -0.387. The molecule has 1 aromatic carbocycles. The molecule has 0 saturated carbocycles. The Hall–Kier alpha value is -1.71. The van der Waals surface area contributed by atoms with Gasteiger partial charge in [-0.3, -0.25) is 14.9 Å². The minimum Gasteiger partial charge on any atom is -0.465 e. The Morgan fingerprint density at radius 2 is 2.09 bits per heavy atom. The van der Waals surface area contributed by atoms with Gasteiger partial charge in [0.25, 0.3) is 5.69 Å². The van der Waals surface area contributed by atoms with Crippen LogP contribution < -0.4 is 0 Å². The van der Waals surface area contributed by atoms with Gasteiger partial charge in [-0.05, 0) is 26.0 Å². The van der Waals surface area contributed by atoms with Gasteiger partial charge in [-0.1, -0.05) is 11.6 Å². The Morgan fingerprint density at radius 1 is 1.50 bits per heavy atom. The van der Waals surface area contributed by atoms with E-state index < -0.39 is 37.5 Å². The number of esters is 1. The van der Waals surface area contributed by atoms with Gasteiger partial charge in [-0.25, -0.2) is 8.42 Å². The highest BCUT2D eigenvalue weighted by molar-refractivity contribution is 7.89. The Morgan fingerprint density at radius 3 is 2.59 bits per heavy atom. The molecule has 22 heavy (non-hydrogen) atoms. The first-order valence-corrected chi connectivity index (χ1v) is 8.03. The predicted octanol–water partition coefficient (Wildman–Crippen LogP) is 1.82. The first-order chi connectivity index (χ1) is 10.1. The van der Waals surface area contributed by atoms with Crippen LogP contribution in [-0.2, 0) is 19.6 Å². The van der Waals surface area contributed by atoms with Crippen LogP contribution in [-0.4, -0.2) is 43.3 Å². The number of rotatable bonds is 6. The molecule has 0 aliphatic heterocycles. The summed E-state index contributed by atoms with van der Waals surface area (Å²) >= 11 is 5.66. The number of nitro groups is 1. The summed E-state index contributed by atoms with van der Waals surface area (Å²) in [6.45, 7) is 3.01. The summed E-state index contributed by atoms with van der Waals surface area (Å²) in [5, 5.41) is 11.1. The van der Waals surface area contributed by atoms with Gasteiger partial charge in [-0.15, -0.1) is 0 Å². The SMILES string of the molecule is CCOC(=O)C(C)N(C)S(=O)(=O)c1ccc(Cl)cc1[N+](=O)[O-]. The molecule has 0 aromatic heterocycles. The molecule has 122 valence electrons. The molecule has 8 nitrogen and oxygen atoms in total. The average Bonchev–Trinajstić information content (AvgIpc) is 2.45. The van der Waals surface area contributed by atoms with Crippen LogP contribution in [0.2, 0.25) is 5.02 Å². The molecular weight excluding hydrogens is 336 g/mol. The largest absolute Gasteiger partial charge is 0.465 e. The third kappa shape index (κ3) is 3.73. The summed E-state index contributed by atoms with van der Waals surface area (Å²) in [5.74, 6) is -0.745. The summed E-state index contributed by atoms with van der Waals surface area (Å²) in [6, 6.07) is 2.08. The molecule has 0 amide bonds. The lowest BCUT2D eigenvalue weighted by Gasteiger charge is -2.22. The molecule has 0 bridgehead atoms. The fourth-order valence-corrected chi connectivity index (χ4v) is 3.24. The van der Waals surface area contributed by atoms with Crippen LogP contribution in [0.5, 0.6) is 0 Å². The highest BCUT2D eigenvalue weighted by atomic mass is 35.5. The maximum atomic E-state index is 12.5. The van der Waals surface area contributed by atoms with E-state index in [9.17, 15) is 23.3 Å². The van der Waals surface area contributed by atoms with Crippen molar-refractivity contribution < 1.29 is 22.9 Å². The van der Waals surface area contributed by atoms with Gasteiger partial charge in [0.1, 0.15) is 6.04 Å². The van der Waals surface area contributed by atoms with E-state index in [-0.39, 0.29) is 11.6 Å². The molecule has 0 spiro atoms. The fraction of sp³-hybridized carbons (Fsp3) is 0.417. The standard InChI is InChI=1S/C12H15ClN2O6S/c1-4-21-12(16)8(2)14(3)22(19,20)11-6-5-9(13)7-10(11)15(17)18/h5-8H,4H2,1-3H3. The highest BCUT2D eigenvalue weighted by Gasteiger charge is 2.35. The second-order valence-corrected chi connectivity index (χ2v) is 6.72. The maximum Gasteiger partial charge on any atom is 0.324 e. The zero-order chi connectivity index (χ0) is 17.1. The first-order valence-electron chi connectivity index (χ1n) is 6.21.